The minimum atomic E-state index is -0.533. The first-order chi connectivity index (χ1) is 8.90. The summed E-state index contributed by atoms with van der Waals surface area (Å²) >= 11 is 0. The molecule has 2 heteroatoms. The van der Waals surface area contributed by atoms with E-state index in [4.69, 9.17) is 4.74 Å². The van der Waals surface area contributed by atoms with Gasteiger partial charge < -0.3 is 9.84 Å². The van der Waals surface area contributed by atoms with Crippen molar-refractivity contribution in [1.29, 1.82) is 0 Å². The van der Waals surface area contributed by atoms with Crippen molar-refractivity contribution >= 4 is 0 Å². The standard InChI is InChI=1S/C17H26O2/c1-13-7-5-6-8-14(13)15(18)17(19-4)11-9-16(2,3)10-12-17/h5-8,15,18H,9-12H2,1-4H3. The first kappa shape index (κ1) is 14.5. The molecular formula is C17H26O2. The van der Waals surface area contributed by atoms with Crippen LogP contribution < -0.4 is 0 Å². The maximum absolute atomic E-state index is 10.8. The van der Waals surface area contributed by atoms with E-state index in [2.05, 4.69) is 26.8 Å². The van der Waals surface area contributed by atoms with Crippen molar-refractivity contribution in [3.63, 3.8) is 0 Å². The molecule has 1 aromatic carbocycles. The molecule has 1 N–H and O–H groups in total. The molecule has 1 saturated carbocycles. The number of aliphatic hydroxyl groups excluding tert-OH is 1. The summed E-state index contributed by atoms with van der Waals surface area (Å²) in [5.74, 6) is 0. The number of hydrogen-bond acceptors (Lipinski definition) is 2. The molecule has 1 aliphatic rings. The smallest absolute Gasteiger partial charge is 0.108 e. The Hall–Kier alpha value is -0.860. The third-order valence-corrected chi connectivity index (χ3v) is 4.84. The van der Waals surface area contributed by atoms with Gasteiger partial charge in [-0.2, -0.15) is 0 Å². The molecule has 0 aliphatic heterocycles. The van der Waals surface area contributed by atoms with E-state index in [9.17, 15) is 5.11 Å². The van der Waals surface area contributed by atoms with Gasteiger partial charge in [0, 0.05) is 7.11 Å². The van der Waals surface area contributed by atoms with E-state index in [1.54, 1.807) is 7.11 Å². The van der Waals surface area contributed by atoms with E-state index < -0.39 is 11.7 Å². The number of methoxy groups -OCH3 is 1. The highest BCUT2D eigenvalue weighted by molar-refractivity contribution is 5.30. The number of ether oxygens (including phenoxy) is 1. The van der Waals surface area contributed by atoms with Crippen LogP contribution in [0.3, 0.4) is 0 Å². The molecule has 0 spiro atoms. The Balaban J connectivity index is 2.25. The van der Waals surface area contributed by atoms with Gasteiger partial charge in [-0.1, -0.05) is 38.1 Å². The van der Waals surface area contributed by atoms with Crippen LogP contribution in [0.1, 0.15) is 56.8 Å². The fourth-order valence-corrected chi connectivity index (χ4v) is 3.12. The number of benzene rings is 1. The average molecular weight is 262 g/mol. The highest BCUT2D eigenvalue weighted by Gasteiger charge is 2.44. The lowest BCUT2D eigenvalue weighted by Gasteiger charge is -2.45. The molecule has 1 atom stereocenters. The van der Waals surface area contributed by atoms with Gasteiger partial charge in [0.05, 0.1) is 5.60 Å². The van der Waals surface area contributed by atoms with Gasteiger partial charge in [-0.15, -0.1) is 0 Å². The monoisotopic (exact) mass is 262 g/mol. The molecule has 0 bridgehead atoms. The fraction of sp³-hybridized carbons (Fsp3) is 0.647. The van der Waals surface area contributed by atoms with Crippen LogP contribution in [0, 0.1) is 12.3 Å². The first-order valence-electron chi connectivity index (χ1n) is 7.19. The van der Waals surface area contributed by atoms with Gasteiger partial charge in [-0.3, -0.25) is 0 Å². The Bertz CT molecular complexity index is 427. The maximum atomic E-state index is 10.8. The van der Waals surface area contributed by atoms with Crippen molar-refractivity contribution in [3.8, 4) is 0 Å². The highest BCUT2D eigenvalue weighted by atomic mass is 16.5. The molecule has 1 unspecified atom stereocenters. The fourth-order valence-electron chi connectivity index (χ4n) is 3.12. The molecule has 0 aromatic heterocycles. The van der Waals surface area contributed by atoms with Crippen LogP contribution in [-0.4, -0.2) is 17.8 Å². The summed E-state index contributed by atoms with van der Waals surface area (Å²) in [6.45, 7) is 6.65. The molecular weight excluding hydrogens is 236 g/mol. The second-order valence-electron chi connectivity index (χ2n) is 6.69. The predicted molar refractivity (Wildman–Crippen MR) is 78.1 cm³/mol. The SMILES string of the molecule is COC1(C(O)c2ccccc2C)CCC(C)(C)CC1. The summed E-state index contributed by atoms with van der Waals surface area (Å²) in [7, 11) is 1.74. The van der Waals surface area contributed by atoms with Crippen LogP contribution in [0.2, 0.25) is 0 Å². The number of aryl methyl sites for hydroxylation is 1. The molecule has 0 saturated heterocycles. The van der Waals surface area contributed by atoms with Gasteiger partial charge in [0.25, 0.3) is 0 Å². The molecule has 0 amide bonds. The van der Waals surface area contributed by atoms with Crippen molar-refractivity contribution < 1.29 is 9.84 Å². The predicted octanol–water partition coefficient (Wildman–Crippen LogP) is 4.01. The van der Waals surface area contributed by atoms with Crippen molar-refractivity contribution in [1.82, 2.24) is 0 Å². The summed E-state index contributed by atoms with van der Waals surface area (Å²) in [4.78, 5) is 0. The molecule has 2 rings (SSSR count). The average Bonchev–Trinajstić information content (AvgIpc) is 2.39. The van der Waals surface area contributed by atoms with Crippen molar-refractivity contribution in [3.05, 3.63) is 35.4 Å². The van der Waals surface area contributed by atoms with E-state index in [0.717, 1.165) is 36.8 Å². The van der Waals surface area contributed by atoms with Crippen LogP contribution in [-0.2, 0) is 4.74 Å². The molecule has 1 fully saturated rings. The Morgan fingerprint density at radius 2 is 1.68 bits per heavy atom. The number of aliphatic hydroxyl groups is 1. The quantitative estimate of drug-likeness (QED) is 0.891. The Kier molecular flexibility index (Phi) is 4.03. The van der Waals surface area contributed by atoms with Crippen LogP contribution in [0.15, 0.2) is 24.3 Å². The van der Waals surface area contributed by atoms with E-state index in [1.807, 2.05) is 18.2 Å². The molecule has 1 aliphatic carbocycles. The largest absolute Gasteiger partial charge is 0.385 e. The van der Waals surface area contributed by atoms with Gasteiger partial charge in [-0.05, 0) is 49.1 Å². The third-order valence-electron chi connectivity index (χ3n) is 4.84. The van der Waals surface area contributed by atoms with Crippen molar-refractivity contribution in [2.24, 2.45) is 5.41 Å². The Morgan fingerprint density at radius 3 is 2.21 bits per heavy atom. The summed E-state index contributed by atoms with van der Waals surface area (Å²) < 4.78 is 5.79. The lowest BCUT2D eigenvalue weighted by Crippen LogP contribution is -2.44. The number of hydrogen-bond donors (Lipinski definition) is 1. The van der Waals surface area contributed by atoms with Crippen LogP contribution in [0.5, 0.6) is 0 Å². The zero-order chi connectivity index (χ0) is 14.1. The minimum absolute atomic E-state index is 0.369. The summed E-state index contributed by atoms with van der Waals surface area (Å²) in [5.41, 5.74) is 2.09. The summed E-state index contributed by atoms with van der Waals surface area (Å²) in [6.07, 6.45) is 3.51. The third kappa shape index (κ3) is 2.85. The van der Waals surface area contributed by atoms with E-state index in [0.29, 0.717) is 5.41 Å². The topological polar surface area (TPSA) is 29.5 Å². The molecule has 1 aromatic rings. The second-order valence-corrected chi connectivity index (χ2v) is 6.69. The Morgan fingerprint density at radius 1 is 1.11 bits per heavy atom. The van der Waals surface area contributed by atoms with Crippen LogP contribution >= 0.6 is 0 Å². The van der Waals surface area contributed by atoms with Crippen molar-refractivity contribution in [2.45, 2.75) is 58.2 Å². The van der Waals surface area contributed by atoms with Crippen LogP contribution in [0.25, 0.3) is 0 Å². The summed E-state index contributed by atoms with van der Waals surface area (Å²) in [5, 5.41) is 10.8. The molecule has 2 nitrogen and oxygen atoms in total. The lowest BCUT2D eigenvalue weighted by atomic mass is 9.68. The maximum Gasteiger partial charge on any atom is 0.108 e. The second kappa shape index (κ2) is 5.26. The van der Waals surface area contributed by atoms with Gasteiger partial charge in [0.15, 0.2) is 0 Å². The lowest BCUT2D eigenvalue weighted by molar-refractivity contribution is -0.138. The van der Waals surface area contributed by atoms with Crippen molar-refractivity contribution in [2.75, 3.05) is 7.11 Å². The first-order valence-corrected chi connectivity index (χ1v) is 7.19. The molecule has 0 heterocycles. The minimum Gasteiger partial charge on any atom is -0.385 e. The zero-order valence-corrected chi connectivity index (χ0v) is 12.6. The van der Waals surface area contributed by atoms with Gasteiger partial charge in [-0.25, -0.2) is 0 Å². The zero-order valence-electron chi connectivity index (χ0n) is 12.6. The van der Waals surface area contributed by atoms with Crippen LogP contribution in [0.4, 0.5) is 0 Å². The summed E-state index contributed by atoms with van der Waals surface area (Å²) in [6, 6.07) is 8.06. The van der Waals surface area contributed by atoms with Gasteiger partial charge >= 0.3 is 0 Å². The van der Waals surface area contributed by atoms with Gasteiger partial charge in [0.2, 0.25) is 0 Å². The van der Waals surface area contributed by atoms with Gasteiger partial charge in [0.1, 0.15) is 6.10 Å². The van der Waals surface area contributed by atoms with E-state index in [-0.39, 0.29) is 0 Å². The van der Waals surface area contributed by atoms with E-state index >= 15 is 0 Å². The molecule has 106 valence electrons. The number of rotatable bonds is 3. The normalized spacial score (nSPS) is 23.0. The molecule has 0 radical (unpaired) electrons. The highest BCUT2D eigenvalue weighted by Crippen LogP contribution is 2.47. The Labute approximate surface area is 116 Å². The van der Waals surface area contributed by atoms with E-state index in [1.165, 1.54) is 0 Å². The molecule has 19 heavy (non-hydrogen) atoms.